The number of nitrogens with two attached hydrogens (primary N) is 1. The summed E-state index contributed by atoms with van der Waals surface area (Å²) in [5, 5.41) is 25.1. The molecule has 43 heavy (non-hydrogen) atoms. The van der Waals surface area contributed by atoms with E-state index in [-0.39, 0.29) is 31.0 Å². The van der Waals surface area contributed by atoms with Crippen LogP contribution in [0, 0.1) is 5.82 Å². The largest absolute Gasteiger partial charge is 0.489 e. The number of nitrogens with zero attached hydrogens (tertiary/aromatic N) is 2. The molecule has 224 valence electrons. The quantitative estimate of drug-likeness (QED) is 0.232. The van der Waals surface area contributed by atoms with E-state index in [1.54, 1.807) is 51.2 Å². The number of amides is 2. The number of carbonyl (C=O) groups excluding carboxylic acids is 2. The van der Waals surface area contributed by atoms with Gasteiger partial charge in [-0.15, -0.1) is 0 Å². The second-order valence-electron chi connectivity index (χ2n) is 11.8. The van der Waals surface area contributed by atoms with Crippen LogP contribution in [-0.2, 0) is 15.8 Å². The zero-order valence-electron chi connectivity index (χ0n) is 24.3. The van der Waals surface area contributed by atoms with Gasteiger partial charge in [-0.2, -0.15) is 0 Å². The molecular formula is C32H33FN4O6. The van der Waals surface area contributed by atoms with E-state index in [1.165, 1.54) is 37.3 Å². The number of nitrogens with one attached hydrogen (secondary N) is 1. The lowest BCUT2D eigenvalue weighted by atomic mass is 9.82. The molecule has 1 aliphatic heterocycles. The molecule has 0 aliphatic carbocycles. The van der Waals surface area contributed by atoms with Crippen LogP contribution in [0.1, 0.15) is 49.3 Å². The van der Waals surface area contributed by atoms with Gasteiger partial charge in [-0.3, -0.25) is 14.6 Å². The average molecular weight is 589 g/mol. The number of benzene rings is 2. The molecule has 0 saturated heterocycles. The van der Waals surface area contributed by atoms with Crippen LogP contribution in [0.25, 0.3) is 22.2 Å². The number of ether oxygens (including phenoxy) is 2. The number of primary amides is 1. The molecule has 10 nitrogen and oxygen atoms in total. The van der Waals surface area contributed by atoms with Gasteiger partial charge in [0.25, 0.3) is 5.91 Å². The number of rotatable bonds is 9. The van der Waals surface area contributed by atoms with E-state index >= 15 is 0 Å². The summed E-state index contributed by atoms with van der Waals surface area (Å²) in [6.07, 6.45) is 1.61. The van der Waals surface area contributed by atoms with E-state index in [4.69, 9.17) is 15.2 Å². The van der Waals surface area contributed by atoms with E-state index in [0.29, 0.717) is 39.2 Å². The van der Waals surface area contributed by atoms with Crippen LogP contribution >= 0.6 is 0 Å². The number of carbonyl (C=O) groups is 2. The highest BCUT2D eigenvalue weighted by atomic mass is 19.1. The molecular weight excluding hydrogens is 555 g/mol. The summed E-state index contributed by atoms with van der Waals surface area (Å²) in [5.74, 6) is -0.904. The van der Waals surface area contributed by atoms with Crippen LogP contribution in [0.15, 0.2) is 60.8 Å². The Hall–Kier alpha value is -4.61. The van der Waals surface area contributed by atoms with Crippen LogP contribution in [0.4, 0.5) is 4.39 Å². The lowest BCUT2D eigenvalue weighted by molar-refractivity contribution is -0.123. The molecule has 5 rings (SSSR count). The highest BCUT2D eigenvalue weighted by Gasteiger charge is 2.45. The van der Waals surface area contributed by atoms with Crippen molar-refractivity contribution < 1.29 is 33.7 Å². The van der Waals surface area contributed by atoms with Gasteiger partial charge < -0.3 is 30.7 Å². The van der Waals surface area contributed by atoms with Crippen LogP contribution < -0.4 is 20.5 Å². The first-order chi connectivity index (χ1) is 20.2. The predicted octanol–water partition coefficient (Wildman–Crippen LogP) is 3.36. The topological polar surface area (TPSA) is 157 Å². The summed E-state index contributed by atoms with van der Waals surface area (Å²) in [6.45, 7) is 6.04. The smallest absolute Gasteiger partial charge is 0.251 e. The molecule has 2 aromatic carbocycles. The van der Waals surface area contributed by atoms with Gasteiger partial charge in [-0.05, 0) is 76.2 Å². The summed E-state index contributed by atoms with van der Waals surface area (Å²) < 4.78 is 25.4. The molecule has 3 heterocycles. The lowest BCUT2D eigenvalue weighted by Gasteiger charge is -2.26. The maximum Gasteiger partial charge on any atom is 0.251 e. The summed E-state index contributed by atoms with van der Waals surface area (Å²) in [5.41, 5.74) is 3.92. The minimum absolute atomic E-state index is 0.0211. The van der Waals surface area contributed by atoms with Crippen molar-refractivity contribution in [1.82, 2.24) is 15.3 Å². The summed E-state index contributed by atoms with van der Waals surface area (Å²) in [4.78, 5) is 34.8. The van der Waals surface area contributed by atoms with Crippen molar-refractivity contribution in [3.8, 4) is 22.8 Å². The third-order valence-electron chi connectivity index (χ3n) is 7.39. The molecule has 11 heteroatoms. The van der Waals surface area contributed by atoms with E-state index in [0.717, 1.165) is 0 Å². The lowest BCUT2D eigenvalue weighted by Crippen LogP contribution is -2.41. The third-order valence-corrected chi connectivity index (χ3v) is 7.39. The number of aliphatic hydroxyl groups is 2. The van der Waals surface area contributed by atoms with E-state index in [2.05, 4.69) is 15.3 Å². The molecule has 4 aromatic rings. The Morgan fingerprint density at radius 1 is 1.14 bits per heavy atom. The maximum absolute atomic E-state index is 13.7. The van der Waals surface area contributed by atoms with E-state index in [9.17, 15) is 24.2 Å². The fourth-order valence-electron chi connectivity index (χ4n) is 4.77. The first kappa shape index (κ1) is 29.9. The highest BCUT2D eigenvalue weighted by Crippen LogP contribution is 2.45. The van der Waals surface area contributed by atoms with Crippen molar-refractivity contribution in [3.05, 3.63) is 83.4 Å². The van der Waals surface area contributed by atoms with Crippen LogP contribution in [0.2, 0.25) is 0 Å². The number of hydrogen-bond acceptors (Lipinski definition) is 8. The van der Waals surface area contributed by atoms with Gasteiger partial charge in [0.05, 0.1) is 17.8 Å². The fourth-order valence-corrected chi connectivity index (χ4v) is 4.77. The van der Waals surface area contributed by atoms with Crippen LogP contribution in [0.3, 0.4) is 0 Å². The highest BCUT2D eigenvalue weighted by molar-refractivity contribution is 6.00. The molecule has 0 unspecified atom stereocenters. The fraction of sp³-hybridized carbons (Fsp3) is 0.312. The summed E-state index contributed by atoms with van der Waals surface area (Å²) >= 11 is 0. The van der Waals surface area contributed by atoms with Crippen molar-refractivity contribution >= 4 is 22.7 Å². The van der Waals surface area contributed by atoms with Crippen molar-refractivity contribution in [2.24, 2.45) is 5.73 Å². The van der Waals surface area contributed by atoms with Crippen molar-refractivity contribution in [1.29, 1.82) is 0 Å². The number of hydrogen-bond donors (Lipinski definition) is 4. The minimum Gasteiger partial charge on any atom is -0.489 e. The van der Waals surface area contributed by atoms with Gasteiger partial charge in [0.1, 0.15) is 52.8 Å². The van der Waals surface area contributed by atoms with Crippen LogP contribution in [0.5, 0.6) is 11.5 Å². The van der Waals surface area contributed by atoms with Gasteiger partial charge in [0.2, 0.25) is 5.91 Å². The minimum atomic E-state index is -1.71. The van der Waals surface area contributed by atoms with Crippen LogP contribution in [-0.4, -0.2) is 57.4 Å². The Balaban J connectivity index is 1.47. The Bertz CT molecular complexity index is 1720. The number of pyridine rings is 2. The number of halogens is 1. The van der Waals surface area contributed by atoms with Gasteiger partial charge in [0, 0.05) is 28.3 Å². The second kappa shape index (κ2) is 10.9. The van der Waals surface area contributed by atoms with Gasteiger partial charge in [-0.1, -0.05) is 6.07 Å². The Labute approximate surface area is 247 Å². The van der Waals surface area contributed by atoms with Gasteiger partial charge >= 0.3 is 0 Å². The number of aromatic nitrogens is 2. The van der Waals surface area contributed by atoms with E-state index in [1.807, 2.05) is 0 Å². The standard InChI is InChI=1S/C32H33FN4O6/c1-30(2,40)16-42-23-13-20(12-19-6-5-11-35-25(19)23)28(38)36-15-32(4,41)24-14-22-27(43-17-31(22,3)29(34)39)26(37-24)18-7-9-21(33)10-8-18/h5-14,40-41H,15-17H2,1-4H3,(H2,34,39)(H,36,38)/t31-,32-/m0/s1. The molecule has 0 radical (unpaired) electrons. The molecule has 2 amide bonds. The third kappa shape index (κ3) is 5.99. The van der Waals surface area contributed by atoms with E-state index < -0.39 is 34.2 Å². The molecule has 1 aliphatic rings. The second-order valence-corrected chi connectivity index (χ2v) is 11.8. The predicted molar refractivity (Wildman–Crippen MR) is 157 cm³/mol. The summed E-state index contributed by atoms with van der Waals surface area (Å²) in [6, 6.07) is 13.8. The maximum atomic E-state index is 13.7. The van der Waals surface area contributed by atoms with Gasteiger partial charge in [-0.25, -0.2) is 9.37 Å². The normalized spacial score (nSPS) is 17.6. The molecule has 5 N–H and O–H groups in total. The number of fused-ring (bicyclic) bond motifs is 2. The molecule has 2 atom stereocenters. The Morgan fingerprint density at radius 3 is 2.53 bits per heavy atom. The SMILES string of the molecule is CC(C)(O)COc1cc(C(=O)NC[C@](C)(O)c2cc3c(c(-c4ccc(F)cc4)n2)OC[C@]3(C)C(N)=O)cc2cccnc12. The molecule has 2 aromatic heterocycles. The Morgan fingerprint density at radius 2 is 1.86 bits per heavy atom. The summed E-state index contributed by atoms with van der Waals surface area (Å²) in [7, 11) is 0. The molecule has 0 saturated carbocycles. The zero-order valence-corrected chi connectivity index (χ0v) is 24.3. The average Bonchev–Trinajstić information content (AvgIpc) is 3.32. The first-order valence-corrected chi connectivity index (χ1v) is 13.7. The molecule has 0 fully saturated rings. The van der Waals surface area contributed by atoms with Gasteiger partial charge in [0.15, 0.2) is 0 Å². The zero-order chi connectivity index (χ0) is 31.2. The first-order valence-electron chi connectivity index (χ1n) is 13.7. The van der Waals surface area contributed by atoms with Crippen molar-refractivity contribution in [2.75, 3.05) is 19.8 Å². The Kier molecular flexibility index (Phi) is 7.57. The molecule has 0 spiro atoms. The van der Waals surface area contributed by atoms with Crippen molar-refractivity contribution in [3.63, 3.8) is 0 Å². The van der Waals surface area contributed by atoms with Crippen molar-refractivity contribution in [2.45, 2.75) is 44.3 Å². The monoisotopic (exact) mass is 588 g/mol. The molecule has 0 bridgehead atoms.